The quantitative estimate of drug-likeness (QED) is 0.831. The zero-order chi connectivity index (χ0) is 13.0. The molecule has 0 radical (unpaired) electrons. The zero-order valence-corrected chi connectivity index (χ0v) is 10.2. The summed E-state index contributed by atoms with van der Waals surface area (Å²) in [5, 5.41) is 8.87. The number of carbonyl (C=O) groups is 2. The van der Waals surface area contributed by atoms with Crippen molar-refractivity contribution in [3.05, 3.63) is 18.7 Å². The third kappa shape index (κ3) is 3.09. The molecule has 0 unspecified atom stereocenters. The molecule has 1 aliphatic heterocycles. The van der Waals surface area contributed by atoms with Crippen molar-refractivity contribution in [1.82, 2.24) is 14.5 Å². The van der Waals surface area contributed by atoms with Gasteiger partial charge in [-0.25, -0.2) is 4.98 Å². The van der Waals surface area contributed by atoms with Gasteiger partial charge in [0.25, 0.3) is 0 Å². The minimum absolute atomic E-state index is 0.0545. The largest absolute Gasteiger partial charge is 0.481 e. The van der Waals surface area contributed by atoms with Gasteiger partial charge >= 0.3 is 5.97 Å². The number of imidazole rings is 1. The van der Waals surface area contributed by atoms with E-state index >= 15 is 0 Å². The Balaban J connectivity index is 1.71. The molecule has 0 aliphatic carbocycles. The molecule has 1 amide bonds. The predicted octanol–water partition coefficient (Wildman–Crippen LogP) is 0.596. The van der Waals surface area contributed by atoms with Gasteiger partial charge in [0, 0.05) is 38.4 Å². The molecule has 98 valence electrons. The average molecular weight is 251 g/mol. The molecule has 2 heterocycles. The number of hydrogen-bond donors (Lipinski definition) is 1. The number of rotatable bonds is 5. The molecule has 0 saturated carbocycles. The van der Waals surface area contributed by atoms with Crippen LogP contribution < -0.4 is 0 Å². The lowest BCUT2D eigenvalue weighted by atomic mass is 10.1. The molecule has 6 heteroatoms. The second-order valence-electron chi connectivity index (χ2n) is 4.57. The van der Waals surface area contributed by atoms with Gasteiger partial charge in [-0.3, -0.25) is 9.59 Å². The van der Waals surface area contributed by atoms with E-state index in [4.69, 9.17) is 5.11 Å². The van der Waals surface area contributed by atoms with Crippen LogP contribution in [0.1, 0.15) is 19.3 Å². The number of nitrogens with zero attached hydrogens (tertiary/aromatic N) is 3. The van der Waals surface area contributed by atoms with Crippen LogP contribution in [0.25, 0.3) is 0 Å². The minimum atomic E-state index is -0.802. The molecule has 1 aliphatic rings. The highest BCUT2D eigenvalue weighted by Gasteiger charge is 2.30. The first kappa shape index (κ1) is 12.6. The summed E-state index contributed by atoms with van der Waals surface area (Å²) >= 11 is 0. The van der Waals surface area contributed by atoms with Gasteiger partial charge in [-0.2, -0.15) is 0 Å². The van der Waals surface area contributed by atoms with E-state index in [2.05, 4.69) is 4.98 Å². The highest BCUT2D eigenvalue weighted by atomic mass is 16.4. The van der Waals surface area contributed by atoms with Crippen molar-refractivity contribution in [3.63, 3.8) is 0 Å². The third-order valence-electron chi connectivity index (χ3n) is 3.26. The molecule has 0 aromatic carbocycles. The normalized spacial score (nSPS) is 19.1. The number of aryl methyl sites for hydroxylation is 1. The number of carbonyl (C=O) groups excluding carboxylic acids is 1. The van der Waals surface area contributed by atoms with Crippen LogP contribution >= 0.6 is 0 Å². The summed E-state index contributed by atoms with van der Waals surface area (Å²) in [4.78, 5) is 28.2. The Morgan fingerprint density at radius 3 is 2.89 bits per heavy atom. The van der Waals surface area contributed by atoms with Gasteiger partial charge in [0.15, 0.2) is 0 Å². The summed E-state index contributed by atoms with van der Waals surface area (Å²) in [6.45, 7) is 1.70. The van der Waals surface area contributed by atoms with E-state index in [1.807, 2.05) is 10.8 Å². The predicted molar refractivity (Wildman–Crippen MR) is 63.8 cm³/mol. The Kier molecular flexibility index (Phi) is 3.96. The molecule has 1 atom stereocenters. The Morgan fingerprint density at radius 2 is 2.28 bits per heavy atom. The summed E-state index contributed by atoms with van der Waals surface area (Å²) in [5.41, 5.74) is 0. The van der Waals surface area contributed by atoms with Gasteiger partial charge in [-0.05, 0) is 12.8 Å². The van der Waals surface area contributed by atoms with Crippen LogP contribution in [-0.2, 0) is 16.1 Å². The molecule has 18 heavy (non-hydrogen) atoms. The minimum Gasteiger partial charge on any atom is -0.481 e. The highest BCUT2D eigenvalue weighted by molar-refractivity contribution is 5.78. The summed E-state index contributed by atoms with van der Waals surface area (Å²) in [6, 6.07) is 0. The van der Waals surface area contributed by atoms with Crippen molar-refractivity contribution >= 4 is 11.9 Å². The maximum atomic E-state index is 11.9. The monoisotopic (exact) mass is 251 g/mol. The number of aromatic nitrogens is 2. The Morgan fingerprint density at radius 1 is 1.44 bits per heavy atom. The Bertz CT molecular complexity index is 416. The summed E-state index contributed by atoms with van der Waals surface area (Å²) in [5.74, 6) is -1.13. The van der Waals surface area contributed by atoms with E-state index in [9.17, 15) is 9.59 Å². The average Bonchev–Trinajstić information content (AvgIpc) is 2.99. The van der Waals surface area contributed by atoms with E-state index in [1.165, 1.54) is 0 Å². The topological polar surface area (TPSA) is 75.4 Å². The van der Waals surface area contributed by atoms with Crippen molar-refractivity contribution in [2.45, 2.75) is 25.8 Å². The fraction of sp³-hybridized carbons (Fsp3) is 0.583. The van der Waals surface area contributed by atoms with Crippen LogP contribution in [-0.4, -0.2) is 44.5 Å². The van der Waals surface area contributed by atoms with E-state index in [0.29, 0.717) is 25.9 Å². The number of aliphatic carboxylic acids is 1. The van der Waals surface area contributed by atoms with Crippen LogP contribution in [0, 0.1) is 5.92 Å². The molecule has 1 fully saturated rings. The second kappa shape index (κ2) is 5.66. The summed E-state index contributed by atoms with van der Waals surface area (Å²) in [7, 11) is 0. The van der Waals surface area contributed by atoms with Gasteiger partial charge in [0.05, 0.1) is 12.2 Å². The van der Waals surface area contributed by atoms with Crippen molar-refractivity contribution in [3.8, 4) is 0 Å². The summed E-state index contributed by atoms with van der Waals surface area (Å²) in [6.07, 6.45) is 7.08. The fourth-order valence-electron chi connectivity index (χ4n) is 2.18. The first-order valence-electron chi connectivity index (χ1n) is 6.13. The molecule has 0 spiro atoms. The maximum absolute atomic E-state index is 11.9. The molecular formula is C12H17N3O3. The fourth-order valence-corrected chi connectivity index (χ4v) is 2.18. The number of likely N-dealkylation sites (tertiary alicyclic amines) is 1. The highest BCUT2D eigenvalue weighted by Crippen LogP contribution is 2.17. The Labute approximate surface area is 105 Å². The van der Waals surface area contributed by atoms with Gasteiger partial charge in [0.1, 0.15) is 0 Å². The van der Waals surface area contributed by atoms with Crippen molar-refractivity contribution in [2.75, 3.05) is 13.1 Å². The van der Waals surface area contributed by atoms with Gasteiger partial charge in [-0.1, -0.05) is 0 Å². The maximum Gasteiger partial charge on any atom is 0.308 e. The van der Waals surface area contributed by atoms with Crippen molar-refractivity contribution in [2.24, 2.45) is 5.92 Å². The van der Waals surface area contributed by atoms with Crippen LogP contribution in [0.2, 0.25) is 0 Å². The summed E-state index contributed by atoms with van der Waals surface area (Å²) < 4.78 is 1.93. The number of carboxylic acid groups (broad SMARTS) is 1. The lowest BCUT2D eigenvalue weighted by Gasteiger charge is -2.15. The molecule has 1 aromatic rings. The molecule has 2 rings (SSSR count). The second-order valence-corrected chi connectivity index (χ2v) is 4.57. The number of carboxylic acids is 1. The third-order valence-corrected chi connectivity index (χ3v) is 3.26. The van der Waals surface area contributed by atoms with Gasteiger partial charge in [-0.15, -0.1) is 0 Å². The van der Waals surface area contributed by atoms with Gasteiger partial charge < -0.3 is 14.6 Å². The molecule has 1 saturated heterocycles. The zero-order valence-electron chi connectivity index (χ0n) is 10.2. The van der Waals surface area contributed by atoms with Crippen LogP contribution in [0.4, 0.5) is 0 Å². The van der Waals surface area contributed by atoms with E-state index < -0.39 is 5.97 Å². The van der Waals surface area contributed by atoms with E-state index in [0.717, 1.165) is 13.0 Å². The number of hydrogen-bond acceptors (Lipinski definition) is 3. The number of amides is 1. The van der Waals surface area contributed by atoms with E-state index in [-0.39, 0.29) is 11.8 Å². The standard InChI is InChI=1S/C12H17N3O3/c16-11(2-1-5-14-7-4-13-9-14)15-6-3-10(8-15)12(17)18/h4,7,9-10H,1-3,5-6,8H2,(H,17,18)/t10-/m1/s1. The Hall–Kier alpha value is -1.85. The lowest BCUT2D eigenvalue weighted by Crippen LogP contribution is -2.29. The van der Waals surface area contributed by atoms with Crippen LogP contribution in [0.15, 0.2) is 18.7 Å². The van der Waals surface area contributed by atoms with Crippen LogP contribution in [0.5, 0.6) is 0 Å². The molecule has 1 aromatic heterocycles. The molecule has 0 bridgehead atoms. The van der Waals surface area contributed by atoms with Crippen molar-refractivity contribution in [1.29, 1.82) is 0 Å². The van der Waals surface area contributed by atoms with E-state index in [1.54, 1.807) is 17.4 Å². The molecule has 1 N–H and O–H groups in total. The van der Waals surface area contributed by atoms with Crippen LogP contribution in [0.3, 0.4) is 0 Å². The first-order valence-corrected chi connectivity index (χ1v) is 6.13. The molecule has 6 nitrogen and oxygen atoms in total. The lowest BCUT2D eigenvalue weighted by molar-refractivity contribution is -0.141. The first-order chi connectivity index (χ1) is 8.66. The SMILES string of the molecule is O=C(O)[C@@H]1CCN(C(=O)CCCn2ccnc2)C1. The molecular weight excluding hydrogens is 234 g/mol. The van der Waals surface area contributed by atoms with Crippen molar-refractivity contribution < 1.29 is 14.7 Å². The van der Waals surface area contributed by atoms with Gasteiger partial charge in [0.2, 0.25) is 5.91 Å². The smallest absolute Gasteiger partial charge is 0.308 e.